The summed E-state index contributed by atoms with van der Waals surface area (Å²) in [4.78, 5) is 21.1. The van der Waals surface area contributed by atoms with E-state index in [0.29, 0.717) is 24.4 Å². The first kappa shape index (κ1) is 17.9. The maximum atomic E-state index is 12.6. The summed E-state index contributed by atoms with van der Waals surface area (Å²) in [6.45, 7) is 5.60. The third-order valence-electron chi connectivity index (χ3n) is 4.44. The molecule has 0 N–H and O–H groups in total. The molecule has 1 amide bonds. The molecule has 0 radical (unpaired) electrons. The highest BCUT2D eigenvalue weighted by molar-refractivity contribution is 5.81. The van der Waals surface area contributed by atoms with E-state index < -0.39 is 6.10 Å². The normalized spacial score (nSPS) is 15.9. The van der Waals surface area contributed by atoms with Gasteiger partial charge in [-0.25, -0.2) is 0 Å². The molecule has 3 rings (SSSR count). The average Bonchev–Trinajstić information content (AvgIpc) is 2.69. The van der Waals surface area contributed by atoms with Gasteiger partial charge in [-0.05, 0) is 43.3 Å². The molecular weight excluding hydrogens is 328 g/mol. The lowest BCUT2D eigenvalue weighted by Gasteiger charge is -2.35. The third kappa shape index (κ3) is 4.58. The van der Waals surface area contributed by atoms with Crippen molar-refractivity contribution >= 4 is 5.91 Å². The Balaban J connectivity index is 1.48. The van der Waals surface area contributed by atoms with E-state index in [1.807, 2.05) is 23.1 Å². The van der Waals surface area contributed by atoms with Crippen molar-refractivity contribution in [3.63, 3.8) is 0 Å². The molecule has 134 valence electrons. The number of nitrogens with zero attached hydrogens (tertiary/aromatic N) is 4. The number of carbonyl (C=O) groups excluding carboxylic acids is 1. The summed E-state index contributed by atoms with van der Waals surface area (Å²) in [5.41, 5.74) is 1.62. The van der Waals surface area contributed by atoms with Gasteiger partial charge in [0.15, 0.2) is 6.10 Å². The van der Waals surface area contributed by atoms with Crippen molar-refractivity contribution in [3.8, 4) is 11.8 Å². The first-order chi connectivity index (χ1) is 12.7. The van der Waals surface area contributed by atoms with Crippen LogP contribution in [-0.2, 0) is 11.3 Å². The van der Waals surface area contributed by atoms with Crippen LogP contribution in [0, 0.1) is 11.3 Å². The van der Waals surface area contributed by atoms with Crippen LogP contribution in [0.4, 0.5) is 0 Å². The van der Waals surface area contributed by atoms with Crippen LogP contribution in [0.25, 0.3) is 0 Å². The van der Waals surface area contributed by atoms with Gasteiger partial charge in [0.05, 0.1) is 17.3 Å². The summed E-state index contributed by atoms with van der Waals surface area (Å²) in [6.07, 6.45) is 1.25. The molecule has 1 aliphatic heterocycles. The Bertz CT molecular complexity index is 763. The second kappa shape index (κ2) is 8.45. The summed E-state index contributed by atoms with van der Waals surface area (Å²) >= 11 is 0. The standard InChI is InChI=1S/C20H22N4O2/c1-16(26-19-7-5-17(14-21)6-8-19)20(25)24-12-10-23(11-13-24)15-18-4-2-3-9-22-18/h2-9,16H,10-13,15H2,1H3/t16-/m0/s1. The van der Waals surface area contributed by atoms with Gasteiger partial charge in [-0.2, -0.15) is 5.26 Å². The number of ether oxygens (including phenoxy) is 1. The zero-order valence-electron chi connectivity index (χ0n) is 14.8. The monoisotopic (exact) mass is 350 g/mol. The summed E-state index contributed by atoms with van der Waals surface area (Å²) in [7, 11) is 0. The van der Waals surface area contributed by atoms with Gasteiger partial charge in [0, 0.05) is 38.9 Å². The van der Waals surface area contributed by atoms with Crippen molar-refractivity contribution in [2.45, 2.75) is 19.6 Å². The van der Waals surface area contributed by atoms with Crippen molar-refractivity contribution in [1.82, 2.24) is 14.8 Å². The molecule has 26 heavy (non-hydrogen) atoms. The van der Waals surface area contributed by atoms with Gasteiger partial charge in [-0.3, -0.25) is 14.7 Å². The molecule has 1 aliphatic rings. The van der Waals surface area contributed by atoms with Gasteiger partial charge < -0.3 is 9.64 Å². The van der Waals surface area contributed by atoms with Crippen LogP contribution >= 0.6 is 0 Å². The van der Waals surface area contributed by atoms with E-state index >= 15 is 0 Å². The molecule has 0 bridgehead atoms. The van der Waals surface area contributed by atoms with E-state index in [9.17, 15) is 4.79 Å². The van der Waals surface area contributed by atoms with E-state index in [2.05, 4.69) is 16.0 Å². The quantitative estimate of drug-likeness (QED) is 0.826. The molecule has 0 unspecified atom stereocenters. The topological polar surface area (TPSA) is 69.5 Å². The average molecular weight is 350 g/mol. The molecule has 1 fully saturated rings. The predicted octanol–water partition coefficient (Wildman–Crippen LogP) is 2.06. The Morgan fingerprint density at radius 2 is 1.92 bits per heavy atom. The molecule has 0 saturated carbocycles. The first-order valence-electron chi connectivity index (χ1n) is 8.73. The molecule has 1 atom stereocenters. The fourth-order valence-electron chi connectivity index (χ4n) is 2.97. The molecule has 1 aromatic carbocycles. The zero-order valence-corrected chi connectivity index (χ0v) is 14.8. The summed E-state index contributed by atoms with van der Waals surface area (Å²) in [6, 6.07) is 14.8. The van der Waals surface area contributed by atoms with Crippen LogP contribution in [0.2, 0.25) is 0 Å². The lowest BCUT2D eigenvalue weighted by molar-refractivity contribution is -0.139. The SMILES string of the molecule is C[C@H](Oc1ccc(C#N)cc1)C(=O)N1CCN(Cc2ccccn2)CC1. The fraction of sp³-hybridized carbons (Fsp3) is 0.350. The van der Waals surface area contributed by atoms with Gasteiger partial charge in [0.1, 0.15) is 5.75 Å². The summed E-state index contributed by atoms with van der Waals surface area (Å²) in [5, 5.41) is 8.82. The number of rotatable bonds is 5. The second-order valence-corrected chi connectivity index (χ2v) is 6.32. The van der Waals surface area contributed by atoms with Crippen molar-refractivity contribution in [3.05, 3.63) is 59.9 Å². The number of amides is 1. The lowest BCUT2D eigenvalue weighted by Crippen LogP contribution is -2.51. The van der Waals surface area contributed by atoms with Gasteiger partial charge in [0.2, 0.25) is 0 Å². The van der Waals surface area contributed by atoms with Crippen LogP contribution in [0.5, 0.6) is 5.75 Å². The summed E-state index contributed by atoms with van der Waals surface area (Å²) in [5.74, 6) is 0.588. The Hall–Kier alpha value is -2.91. The van der Waals surface area contributed by atoms with Gasteiger partial charge in [0.25, 0.3) is 5.91 Å². The Kier molecular flexibility index (Phi) is 5.82. The minimum Gasteiger partial charge on any atom is -0.481 e. The van der Waals surface area contributed by atoms with Crippen molar-refractivity contribution in [2.24, 2.45) is 0 Å². The number of pyridine rings is 1. The zero-order chi connectivity index (χ0) is 18.4. The molecular formula is C20H22N4O2. The van der Waals surface area contributed by atoms with E-state index in [1.165, 1.54) is 0 Å². The smallest absolute Gasteiger partial charge is 0.263 e. The molecule has 2 heterocycles. The fourth-order valence-corrected chi connectivity index (χ4v) is 2.97. The molecule has 1 saturated heterocycles. The molecule has 0 aliphatic carbocycles. The minimum atomic E-state index is -0.551. The molecule has 0 spiro atoms. The third-order valence-corrected chi connectivity index (χ3v) is 4.44. The van der Waals surface area contributed by atoms with Crippen molar-refractivity contribution < 1.29 is 9.53 Å². The number of hydrogen-bond acceptors (Lipinski definition) is 5. The van der Waals surface area contributed by atoms with Crippen LogP contribution in [0.1, 0.15) is 18.2 Å². The number of carbonyl (C=O) groups is 1. The second-order valence-electron chi connectivity index (χ2n) is 6.32. The van der Waals surface area contributed by atoms with E-state index in [-0.39, 0.29) is 5.91 Å². The Morgan fingerprint density at radius 1 is 1.19 bits per heavy atom. The van der Waals surface area contributed by atoms with Gasteiger partial charge in [-0.15, -0.1) is 0 Å². The van der Waals surface area contributed by atoms with E-state index in [4.69, 9.17) is 10.00 Å². The Labute approximate surface area is 153 Å². The van der Waals surface area contributed by atoms with Crippen LogP contribution in [0.3, 0.4) is 0 Å². The molecule has 1 aromatic heterocycles. The van der Waals surface area contributed by atoms with E-state index in [0.717, 1.165) is 25.3 Å². The van der Waals surface area contributed by atoms with Crippen molar-refractivity contribution in [2.75, 3.05) is 26.2 Å². The Morgan fingerprint density at radius 3 is 2.54 bits per heavy atom. The predicted molar refractivity (Wildman–Crippen MR) is 97.3 cm³/mol. The largest absolute Gasteiger partial charge is 0.481 e. The maximum absolute atomic E-state index is 12.6. The van der Waals surface area contributed by atoms with Gasteiger partial charge in [-0.1, -0.05) is 6.07 Å². The number of benzene rings is 1. The van der Waals surface area contributed by atoms with Crippen LogP contribution in [-0.4, -0.2) is 53.0 Å². The number of aromatic nitrogens is 1. The maximum Gasteiger partial charge on any atom is 0.263 e. The number of piperazine rings is 1. The highest BCUT2D eigenvalue weighted by atomic mass is 16.5. The van der Waals surface area contributed by atoms with Crippen LogP contribution < -0.4 is 4.74 Å². The molecule has 6 heteroatoms. The van der Waals surface area contributed by atoms with E-state index in [1.54, 1.807) is 37.4 Å². The number of nitriles is 1. The minimum absolute atomic E-state index is 0.00755. The highest BCUT2D eigenvalue weighted by Crippen LogP contribution is 2.15. The first-order valence-corrected chi connectivity index (χ1v) is 8.73. The molecule has 2 aromatic rings. The summed E-state index contributed by atoms with van der Waals surface area (Å²) < 4.78 is 5.73. The lowest BCUT2D eigenvalue weighted by atomic mass is 10.2. The van der Waals surface area contributed by atoms with Crippen molar-refractivity contribution in [1.29, 1.82) is 5.26 Å². The highest BCUT2D eigenvalue weighted by Gasteiger charge is 2.26. The molecule has 6 nitrogen and oxygen atoms in total. The van der Waals surface area contributed by atoms with Gasteiger partial charge >= 0.3 is 0 Å². The number of hydrogen-bond donors (Lipinski definition) is 0. The van der Waals surface area contributed by atoms with Crippen LogP contribution in [0.15, 0.2) is 48.7 Å².